The lowest BCUT2D eigenvalue weighted by Gasteiger charge is -2.15. The van der Waals surface area contributed by atoms with Crippen molar-refractivity contribution in [3.63, 3.8) is 0 Å². The summed E-state index contributed by atoms with van der Waals surface area (Å²) in [6.07, 6.45) is 0.507. The third kappa shape index (κ3) is 4.78. The van der Waals surface area contributed by atoms with Crippen LogP contribution in [0.25, 0.3) is 11.0 Å². The number of carbonyl (C=O) groups excluding carboxylic acids is 1. The molecule has 0 aliphatic carbocycles. The van der Waals surface area contributed by atoms with Gasteiger partial charge in [-0.05, 0) is 42.7 Å². The van der Waals surface area contributed by atoms with Crippen molar-refractivity contribution in [3.05, 3.63) is 112 Å². The lowest BCUT2D eigenvalue weighted by atomic mass is 10.1. The zero-order valence-electron chi connectivity index (χ0n) is 18.4. The standard InChI is InChI=1S/C27H27N3O2/c1-19-10-6-7-13-22(19)18-30-25-15-9-8-14-23(25)29-24(27(30)32)16-17-26(31)28-20(2)21-11-4-3-5-12-21/h3-15,20H,16-18H2,1-2H3,(H,28,31). The number of aryl methyl sites for hydroxylation is 2. The Morgan fingerprint density at radius 1 is 0.969 bits per heavy atom. The van der Waals surface area contributed by atoms with Crippen molar-refractivity contribution in [3.8, 4) is 0 Å². The second-order valence-electron chi connectivity index (χ2n) is 8.06. The maximum atomic E-state index is 13.3. The molecular formula is C27H27N3O2. The van der Waals surface area contributed by atoms with Crippen molar-refractivity contribution in [2.24, 2.45) is 0 Å². The Morgan fingerprint density at radius 2 is 1.66 bits per heavy atom. The molecule has 3 aromatic carbocycles. The normalized spacial score (nSPS) is 11.9. The van der Waals surface area contributed by atoms with Crippen molar-refractivity contribution in [2.45, 2.75) is 39.3 Å². The third-order valence-electron chi connectivity index (χ3n) is 5.78. The van der Waals surface area contributed by atoms with Gasteiger partial charge in [0, 0.05) is 12.8 Å². The number of hydrogen-bond donors (Lipinski definition) is 1. The van der Waals surface area contributed by atoms with Crippen molar-refractivity contribution in [2.75, 3.05) is 0 Å². The fourth-order valence-electron chi connectivity index (χ4n) is 3.89. The monoisotopic (exact) mass is 425 g/mol. The van der Waals surface area contributed by atoms with E-state index >= 15 is 0 Å². The van der Waals surface area contributed by atoms with Crippen LogP contribution in [0.1, 0.15) is 41.8 Å². The summed E-state index contributed by atoms with van der Waals surface area (Å²) in [5.74, 6) is -0.0961. The zero-order chi connectivity index (χ0) is 22.5. The van der Waals surface area contributed by atoms with Gasteiger partial charge in [0.2, 0.25) is 5.91 Å². The molecule has 0 spiro atoms. The molecule has 1 heterocycles. The molecule has 5 heteroatoms. The quantitative estimate of drug-likeness (QED) is 0.472. The molecule has 0 fully saturated rings. The van der Waals surface area contributed by atoms with E-state index in [4.69, 9.17) is 0 Å². The number of carbonyl (C=O) groups is 1. The Bertz CT molecular complexity index is 1300. The van der Waals surface area contributed by atoms with Gasteiger partial charge in [-0.2, -0.15) is 0 Å². The molecule has 1 amide bonds. The van der Waals surface area contributed by atoms with Crippen LogP contribution in [0.2, 0.25) is 0 Å². The minimum atomic E-state index is -0.143. The summed E-state index contributed by atoms with van der Waals surface area (Å²) in [5.41, 5.74) is 5.10. The van der Waals surface area contributed by atoms with Gasteiger partial charge in [0.25, 0.3) is 5.56 Å². The summed E-state index contributed by atoms with van der Waals surface area (Å²) >= 11 is 0. The van der Waals surface area contributed by atoms with Gasteiger partial charge in [-0.1, -0.05) is 66.7 Å². The highest BCUT2D eigenvalue weighted by Crippen LogP contribution is 2.15. The fraction of sp³-hybridized carbons (Fsp3) is 0.222. The van der Waals surface area contributed by atoms with E-state index in [9.17, 15) is 9.59 Å². The molecule has 0 saturated carbocycles. The van der Waals surface area contributed by atoms with Crippen LogP contribution in [0, 0.1) is 6.92 Å². The van der Waals surface area contributed by atoms with E-state index in [1.807, 2.05) is 92.7 Å². The fourth-order valence-corrected chi connectivity index (χ4v) is 3.89. The van der Waals surface area contributed by atoms with Crippen LogP contribution in [0.4, 0.5) is 0 Å². The highest BCUT2D eigenvalue weighted by molar-refractivity contribution is 5.77. The van der Waals surface area contributed by atoms with Gasteiger partial charge in [-0.15, -0.1) is 0 Å². The molecule has 0 bridgehead atoms. The van der Waals surface area contributed by atoms with Crippen LogP contribution in [-0.4, -0.2) is 15.5 Å². The Balaban J connectivity index is 1.56. The smallest absolute Gasteiger partial charge is 0.273 e. The summed E-state index contributed by atoms with van der Waals surface area (Å²) in [6.45, 7) is 4.47. The maximum Gasteiger partial charge on any atom is 0.273 e. The van der Waals surface area contributed by atoms with Crippen LogP contribution in [0.5, 0.6) is 0 Å². The molecule has 1 unspecified atom stereocenters. The van der Waals surface area contributed by atoms with Gasteiger partial charge in [-0.25, -0.2) is 4.98 Å². The lowest BCUT2D eigenvalue weighted by molar-refractivity contribution is -0.121. The van der Waals surface area contributed by atoms with E-state index in [-0.39, 0.29) is 23.9 Å². The molecule has 5 nitrogen and oxygen atoms in total. The van der Waals surface area contributed by atoms with E-state index in [0.29, 0.717) is 18.7 Å². The third-order valence-corrected chi connectivity index (χ3v) is 5.78. The summed E-state index contributed by atoms with van der Waals surface area (Å²) < 4.78 is 1.77. The minimum absolute atomic E-state index is 0.0917. The second-order valence-corrected chi connectivity index (χ2v) is 8.06. The van der Waals surface area contributed by atoms with Crippen molar-refractivity contribution >= 4 is 16.9 Å². The molecule has 0 radical (unpaired) electrons. The molecule has 1 aromatic heterocycles. The second kappa shape index (κ2) is 9.60. The Labute approximate surface area is 187 Å². The summed E-state index contributed by atoms with van der Waals surface area (Å²) in [6, 6.07) is 25.4. The van der Waals surface area contributed by atoms with Crippen LogP contribution in [0.3, 0.4) is 0 Å². The SMILES string of the molecule is Cc1ccccc1Cn1c(=O)c(CCC(=O)NC(C)c2ccccc2)nc2ccccc21. The lowest BCUT2D eigenvalue weighted by Crippen LogP contribution is -2.30. The van der Waals surface area contributed by atoms with E-state index in [0.717, 1.165) is 27.7 Å². The van der Waals surface area contributed by atoms with E-state index < -0.39 is 0 Å². The first-order valence-corrected chi connectivity index (χ1v) is 10.9. The number of fused-ring (bicyclic) bond motifs is 1. The number of aromatic nitrogens is 2. The molecule has 0 aliphatic rings. The Morgan fingerprint density at radius 3 is 2.44 bits per heavy atom. The number of hydrogen-bond acceptors (Lipinski definition) is 3. The number of nitrogens with zero attached hydrogens (tertiary/aromatic N) is 2. The molecular weight excluding hydrogens is 398 g/mol. The van der Waals surface area contributed by atoms with Crippen LogP contribution >= 0.6 is 0 Å². The van der Waals surface area contributed by atoms with Crippen LogP contribution in [-0.2, 0) is 17.8 Å². The molecule has 0 aliphatic heterocycles. The molecule has 1 N–H and O–H groups in total. The molecule has 1 atom stereocenters. The van der Waals surface area contributed by atoms with E-state index in [1.54, 1.807) is 4.57 Å². The van der Waals surface area contributed by atoms with Crippen LogP contribution in [0.15, 0.2) is 83.7 Å². The van der Waals surface area contributed by atoms with Crippen molar-refractivity contribution < 1.29 is 4.79 Å². The predicted octanol–water partition coefficient (Wildman–Crippen LogP) is 4.56. The average Bonchev–Trinajstić information content (AvgIpc) is 2.81. The molecule has 4 rings (SSSR count). The topological polar surface area (TPSA) is 64.0 Å². The largest absolute Gasteiger partial charge is 0.350 e. The van der Waals surface area contributed by atoms with Gasteiger partial charge in [0.15, 0.2) is 0 Å². The highest BCUT2D eigenvalue weighted by Gasteiger charge is 2.15. The van der Waals surface area contributed by atoms with E-state index in [2.05, 4.69) is 10.3 Å². The average molecular weight is 426 g/mol. The number of benzene rings is 3. The van der Waals surface area contributed by atoms with Gasteiger partial charge in [0.05, 0.1) is 23.6 Å². The first-order valence-electron chi connectivity index (χ1n) is 10.9. The minimum Gasteiger partial charge on any atom is -0.350 e. The molecule has 4 aromatic rings. The number of rotatable bonds is 7. The van der Waals surface area contributed by atoms with Gasteiger partial charge < -0.3 is 9.88 Å². The van der Waals surface area contributed by atoms with Gasteiger partial charge >= 0.3 is 0 Å². The van der Waals surface area contributed by atoms with Gasteiger partial charge in [0.1, 0.15) is 5.69 Å². The summed E-state index contributed by atoms with van der Waals surface area (Å²) in [7, 11) is 0. The zero-order valence-corrected chi connectivity index (χ0v) is 18.4. The molecule has 0 saturated heterocycles. The Kier molecular flexibility index (Phi) is 6.45. The summed E-state index contributed by atoms with van der Waals surface area (Å²) in [5, 5.41) is 3.01. The molecule has 162 valence electrons. The number of para-hydroxylation sites is 2. The first kappa shape index (κ1) is 21.5. The molecule has 32 heavy (non-hydrogen) atoms. The van der Waals surface area contributed by atoms with Crippen LogP contribution < -0.4 is 10.9 Å². The first-order chi connectivity index (χ1) is 15.5. The summed E-state index contributed by atoms with van der Waals surface area (Å²) in [4.78, 5) is 30.5. The Hall–Kier alpha value is -3.73. The number of nitrogens with one attached hydrogen (secondary N) is 1. The van der Waals surface area contributed by atoms with Crippen molar-refractivity contribution in [1.29, 1.82) is 0 Å². The highest BCUT2D eigenvalue weighted by atomic mass is 16.1. The van der Waals surface area contributed by atoms with Crippen molar-refractivity contribution in [1.82, 2.24) is 14.9 Å². The predicted molar refractivity (Wildman–Crippen MR) is 128 cm³/mol. The maximum absolute atomic E-state index is 13.3. The number of amides is 1. The van der Waals surface area contributed by atoms with E-state index in [1.165, 1.54) is 0 Å². The van der Waals surface area contributed by atoms with Gasteiger partial charge in [-0.3, -0.25) is 9.59 Å².